The predicted octanol–water partition coefficient (Wildman–Crippen LogP) is 1.80. The van der Waals surface area contributed by atoms with Gasteiger partial charge in [-0.1, -0.05) is 19.1 Å². The molecule has 0 atom stereocenters. The van der Waals surface area contributed by atoms with E-state index in [1.54, 1.807) is 0 Å². The van der Waals surface area contributed by atoms with E-state index in [-0.39, 0.29) is 12.5 Å². The van der Waals surface area contributed by atoms with E-state index < -0.39 is 0 Å². The van der Waals surface area contributed by atoms with Gasteiger partial charge >= 0.3 is 0 Å². The Morgan fingerprint density at radius 2 is 2.31 bits per heavy atom. The van der Waals surface area contributed by atoms with Crippen molar-refractivity contribution in [1.82, 2.24) is 5.32 Å². The fraction of sp³-hybridized carbons (Fsp3) is 0.417. The SMILES string of the molecule is CCCNC(=O)CSc1cccc(CO)c1. The van der Waals surface area contributed by atoms with Crippen molar-refractivity contribution in [3.8, 4) is 0 Å². The maximum atomic E-state index is 11.3. The van der Waals surface area contributed by atoms with Crippen LogP contribution in [0.5, 0.6) is 0 Å². The van der Waals surface area contributed by atoms with Crippen molar-refractivity contribution in [1.29, 1.82) is 0 Å². The maximum Gasteiger partial charge on any atom is 0.230 e. The molecule has 88 valence electrons. The molecule has 0 bridgehead atoms. The summed E-state index contributed by atoms with van der Waals surface area (Å²) in [5, 5.41) is 11.8. The molecular weight excluding hydrogens is 222 g/mol. The number of carbonyl (C=O) groups excluding carboxylic acids is 1. The molecule has 16 heavy (non-hydrogen) atoms. The number of hydrogen-bond acceptors (Lipinski definition) is 3. The average molecular weight is 239 g/mol. The van der Waals surface area contributed by atoms with Crippen molar-refractivity contribution < 1.29 is 9.90 Å². The van der Waals surface area contributed by atoms with E-state index in [9.17, 15) is 4.79 Å². The monoisotopic (exact) mass is 239 g/mol. The van der Waals surface area contributed by atoms with Gasteiger partial charge in [-0.25, -0.2) is 0 Å². The summed E-state index contributed by atoms with van der Waals surface area (Å²) in [4.78, 5) is 12.4. The normalized spacial score (nSPS) is 10.1. The van der Waals surface area contributed by atoms with Crippen LogP contribution in [0.25, 0.3) is 0 Å². The largest absolute Gasteiger partial charge is 0.392 e. The fourth-order valence-electron chi connectivity index (χ4n) is 1.20. The Hall–Kier alpha value is -1.00. The Kier molecular flexibility index (Phi) is 5.96. The third-order valence-electron chi connectivity index (χ3n) is 2.02. The van der Waals surface area contributed by atoms with E-state index >= 15 is 0 Å². The molecule has 0 heterocycles. The van der Waals surface area contributed by atoms with E-state index in [1.165, 1.54) is 11.8 Å². The van der Waals surface area contributed by atoms with Gasteiger partial charge in [0.05, 0.1) is 12.4 Å². The molecule has 0 aromatic heterocycles. The molecule has 0 aliphatic carbocycles. The van der Waals surface area contributed by atoms with Crippen LogP contribution in [0.2, 0.25) is 0 Å². The highest BCUT2D eigenvalue weighted by Gasteiger charge is 2.02. The van der Waals surface area contributed by atoms with E-state index in [1.807, 2.05) is 31.2 Å². The Morgan fingerprint density at radius 3 is 3.00 bits per heavy atom. The van der Waals surface area contributed by atoms with Crippen molar-refractivity contribution >= 4 is 17.7 Å². The van der Waals surface area contributed by atoms with Crippen LogP contribution in [0.4, 0.5) is 0 Å². The predicted molar refractivity (Wildman–Crippen MR) is 66.4 cm³/mol. The summed E-state index contributed by atoms with van der Waals surface area (Å²) in [6.45, 7) is 2.80. The minimum atomic E-state index is 0.0381. The van der Waals surface area contributed by atoms with Gasteiger partial charge in [-0.15, -0.1) is 11.8 Å². The zero-order valence-electron chi connectivity index (χ0n) is 9.40. The highest BCUT2D eigenvalue weighted by atomic mass is 32.2. The van der Waals surface area contributed by atoms with Gasteiger partial charge in [-0.05, 0) is 24.1 Å². The maximum absolute atomic E-state index is 11.3. The lowest BCUT2D eigenvalue weighted by molar-refractivity contribution is -0.118. The quantitative estimate of drug-likeness (QED) is 0.744. The number of thioether (sulfide) groups is 1. The van der Waals surface area contributed by atoms with Crippen molar-refractivity contribution in [2.45, 2.75) is 24.8 Å². The summed E-state index contributed by atoms with van der Waals surface area (Å²) in [6, 6.07) is 7.59. The summed E-state index contributed by atoms with van der Waals surface area (Å²) >= 11 is 1.49. The highest BCUT2D eigenvalue weighted by molar-refractivity contribution is 8.00. The third kappa shape index (κ3) is 4.68. The van der Waals surface area contributed by atoms with Gasteiger partial charge in [0.25, 0.3) is 0 Å². The van der Waals surface area contributed by atoms with Crippen molar-refractivity contribution in [3.05, 3.63) is 29.8 Å². The Balaban J connectivity index is 2.38. The van der Waals surface area contributed by atoms with Gasteiger partial charge in [0.15, 0.2) is 0 Å². The summed E-state index contributed by atoms with van der Waals surface area (Å²) in [5.74, 6) is 0.482. The zero-order valence-corrected chi connectivity index (χ0v) is 10.2. The minimum absolute atomic E-state index is 0.0381. The van der Waals surface area contributed by atoms with Crippen molar-refractivity contribution in [2.75, 3.05) is 12.3 Å². The number of carbonyl (C=O) groups is 1. The lowest BCUT2D eigenvalue weighted by Gasteiger charge is -2.04. The highest BCUT2D eigenvalue weighted by Crippen LogP contribution is 2.18. The molecule has 1 aromatic rings. The number of aliphatic hydroxyl groups excluding tert-OH is 1. The molecule has 0 saturated heterocycles. The third-order valence-corrected chi connectivity index (χ3v) is 3.02. The lowest BCUT2D eigenvalue weighted by atomic mass is 10.2. The summed E-state index contributed by atoms with van der Waals surface area (Å²) in [5.41, 5.74) is 0.874. The zero-order chi connectivity index (χ0) is 11.8. The Bertz CT molecular complexity index is 342. The van der Waals surface area contributed by atoms with E-state index in [0.717, 1.165) is 23.4 Å². The van der Waals surface area contributed by atoms with Crippen LogP contribution in [-0.4, -0.2) is 23.3 Å². The van der Waals surface area contributed by atoms with Gasteiger partial charge in [-0.3, -0.25) is 4.79 Å². The first-order valence-electron chi connectivity index (χ1n) is 5.35. The van der Waals surface area contributed by atoms with E-state index in [4.69, 9.17) is 5.11 Å². The molecule has 0 fully saturated rings. The molecule has 0 radical (unpaired) electrons. The second kappa shape index (κ2) is 7.30. The van der Waals surface area contributed by atoms with Gasteiger partial charge in [-0.2, -0.15) is 0 Å². The van der Waals surface area contributed by atoms with Crippen LogP contribution >= 0.6 is 11.8 Å². The number of nitrogens with one attached hydrogen (secondary N) is 1. The molecule has 0 spiro atoms. The number of amides is 1. The lowest BCUT2D eigenvalue weighted by Crippen LogP contribution is -2.25. The topological polar surface area (TPSA) is 49.3 Å². The molecule has 0 aliphatic rings. The number of hydrogen-bond donors (Lipinski definition) is 2. The Morgan fingerprint density at radius 1 is 1.50 bits per heavy atom. The van der Waals surface area contributed by atoms with Crippen LogP contribution in [0.3, 0.4) is 0 Å². The van der Waals surface area contributed by atoms with Crippen LogP contribution in [0.1, 0.15) is 18.9 Å². The average Bonchev–Trinajstić information content (AvgIpc) is 2.34. The molecule has 3 nitrogen and oxygen atoms in total. The first kappa shape index (κ1) is 13.1. The number of aliphatic hydroxyl groups is 1. The van der Waals surface area contributed by atoms with Crippen LogP contribution < -0.4 is 5.32 Å². The minimum Gasteiger partial charge on any atom is -0.392 e. The number of rotatable bonds is 6. The van der Waals surface area contributed by atoms with E-state index in [2.05, 4.69) is 5.32 Å². The molecule has 1 amide bonds. The van der Waals surface area contributed by atoms with Gasteiger partial charge in [0.1, 0.15) is 0 Å². The number of benzene rings is 1. The van der Waals surface area contributed by atoms with E-state index in [0.29, 0.717) is 5.75 Å². The molecule has 0 unspecified atom stereocenters. The smallest absolute Gasteiger partial charge is 0.230 e. The van der Waals surface area contributed by atoms with Gasteiger partial charge in [0, 0.05) is 11.4 Å². The Labute approximate surface area is 100 Å². The first-order chi connectivity index (χ1) is 7.76. The van der Waals surface area contributed by atoms with Crippen LogP contribution in [0.15, 0.2) is 29.2 Å². The summed E-state index contributed by atoms with van der Waals surface area (Å²) in [7, 11) is 0. The summed E-state index contributed by atoms with van der Waals surface area (Å²) in [6.07, 6.45) is 0.955. The van der Waals surface area contributed by atoms with Crippen molar-refractivity contribution in [2.24, 2.45) is 0 Å². The van der Waals surface area contributed by atoms with Gasteiger partial charge < -0.3 is 10.4 Å². The van der Waals surface area contributed by atoms with Crippen LogP contribution in [-0.2, 0) is 11.4 Å². The molecule has 0 saturated carbocycles. The van der Waals surface area contributed by atoms with Gasteiger partial charge in [0.2, 0.25) is 5.91 Å². The molecular formula is C12H17NO2S. The molecule has 2 N–H and O–H groups in total. The molecule has 0 aliphatic heterocycles. The first-order valence-corrected chi connectivity index (χ1v) is 6.34. The fourth-order valence-corrected chi connectivity index (χ4v) is 2.01. The second-order valence-corrected chi connectivity index (χ2v) is 4.49. The summed E-state index contributed by atoms with van der Waals surface area (Å²) < 4.78 is 0. The van der Waals surface area contributed by atoms with Crippen LogP contribution in [0, 0.1) is 0 Å². The second-order valence-electron chi connectivity index (χ2n) is 3.44. The molecule has 4 heteroatoms. The van der Waals surface area contributed by atoms with Crippen molar-refractivity contribution in [3.63, 3.8) is 0 Å². The molecule has 1 rings (SSSR count). The standard InChI is InChI=1S/C12H17NO2S/c1-2-6-13-12(15)9-16-11-5-3-4-10(7-11)8-14/h3-5,7,14H,2,6,8-9H2,1H3,(H,13,15). The molecule has 1 aromatic carbocycles.